The van der Waals surface area contributed by atoms with E-state index >= 15 is 0 Å². The second kappa shape index (κ2) is 6.56. The van der Waals surface area contributed by atoms with Gasteiger partial charge in [-0.3, -0.25) is 0 Å². The average molecular weight is 259 g/mol. The minimum atomic E-state index is 0.532. The average Bonchev–Trinajstić information content (AvgIpc) is 2.47. The fourth-order valence-corrected chi connectivity index (χ4v) is 3.23. The molecule has 1 saturated carbocycles. The quantitative estimate of drug-likeness (QED) is 0.803. The Labute approximate surface area is 118 Å². The normalized spacial score (nSPS) is 24.4. The Morgan fingerprint density at radius 2 is 1.68 bits per heavy atom. The fourth-order valence-electron chi connectivity index (χ4n) is 3.23. The second-order valence-electron chi connectivity index (χ2n) is 6.76. The van der Waals surface area contributed by atoms with Crippen LogP contribution in [0.5, 0.6) is 0 Å². The van der Waals surface area contributed by atoms with Crippen LogP contribution in [0.4, 0.5) is 0 Å². The predicted octanol–water partition coefficient (Wildman–Crippen LogP) is 4.77. The molecule has 0 atom stereocenters. The Kier molecular flexibility index (Phi) is 5.04. The van der Waals surface area contributed by atoms with E-state index < -0.39 is 0 Å². The monoisotopic (exact) mass is 259 g/mol. The third-order valence-corrected chi connectivity index (χ3v) is 5.18. The molecule has 106 valence electrons. The minimum Gasteiger partial charge on any atom is -0.310 e. The van der Waals surface area contributed by atoms with Crippen LogP contribution < -0.4 is 5.32 Å². The summed E-state index contributed by atoms with van der Waals surface area (Å²) in [6.07, 6.45) is 6.79. The van der Waals surface area contributed by atoms with Gasteiger partial charge in [0.15, 0.2) is 0 Å². The highest BCUT2D eigenvalue weighted by molar-refractivity contribution is 5.14. The van der Waals surface area contributed by atoms with Crippen molar-refractivity contribution in [2.24, 2.45) is 11.3 Å². The first-order valence-corrected chi connectivity index (χ1v) is 7.89. The first-order valence-electron chi connectivity index (χ1n) is 7.89. The molecule has 0 radical (unpaired) electrons. The standard InChI is InChI=1S/C18H29N/c1-4-18(2,3)16-10-12-17(13-11-16)19-14-15-8-6-5-7-9-15/h5-9,16-17,19H,4,10-14H2,1-3H3. The molecule has 1 aliphatic rings. The van der Waals surface area contributed by atoms with Gasteiger partial charge in [-0.15, -0.1) is 0 Å². The maximum absolute atomic E-state index is 3.73. The minimum absolute atomic E-state index is 0.532. The van der Waals surface area contributed by atoms with Crippen LogP contribution in [-0.4, -0.2) is 6.04 Å². The zero-order valence-electron chi connectivity index (χ0n) is 12.8. The molecule has 0 bridgehead atoms. The van der Waals surface area contributed by atoms with Crippen LogP contribution in [0.25, 0.3) is 0 Å². The summed E-state index contributed by atoms with van der Waals surface area (Å²) >= 11 is 0. The summed E-state index contributed by atoms with van der Waals surface area (Å²) in [4.78, 5) is 0. The highest BCUT2D eigenvalue weighted by Crippen LogP contribution is 2.40. The smallest absolute Gasteiger partial charge is 0.0208 e. The molecule has 19 heavy (non-hydrogen) atoms. The van der Waals surface area contributed by atoms with Gasteiger partial charge >= 0.3 is 0 Å². The van der Waals surface area contributed by atoms with Crippen molar-refractivity contribution in [3.05, 3.63) is 35.9 Å². The third-order valence-electron chi connectivity index (χ3n) is 5.18. The summed E-state index contributed by atoms with van der Waals surface area (Å²) in [5.74, 6) is 0.923. The lowest BCUT2D eigenvalue weighted by atomic mass is 9.69. The van der Waals surface area contributed by atoms with E-state index in [1.165, 1.54) is 37.7 Å². The Morgan fingerprint density at radius 1 is 1.05 bits per heavy atom. The Morgan fingerprint density at radius 3 is 2.26 bits per heavy atom. The topological polar surface area (TPSA) is 12.0 Å². The van der Waals surface area contributed by atoms with E-state index in [1.54, 1.807) is 0 Å². The third kappa shape index (κ3) is 4.07. The van der Waals surface area contributed by atoms with E-state index in [4.69, 9.17) is 0 Å². The van der Waals surface area contributed by atoms with Crippen molar-refractivity contribution in [1.82, 2.24) is 5.32 Å². The molecule has 1 aromatic rings. The molecule has 1 nitrogen and oxygen atoms in total. The molecule has 2 rings (SSSR count). The molecule has 1 N–H and O–H groups in total. The first kappa shape index (κ1) is 14.6. The zero-order valence-corrected chi connectivity index (χ0v) is 12.8. The number of hydrogen-bond acceptors (Lipinski definition) is 1. The summed E-state index contributed by atoms with van der Waals surface area (Å²) in [7, 11) is 0. The van der Waals surface area contributed by atoms with Gasteiger partial charge < -0.3 is 5.32 Å². The van der Waals surface area contributed by atoms with Crippen LogP contribution in [-0.2, 0) is 6.54 Å². The van der Waals surface area contributed by atoms with E-state index in [0.29, 0.717) is 5.41 Å². The van der Waals surface area contributed by atoms with Crippen molar-refractivity contribution in [2.45, 2.75) is 65.5 Å². The van der Waals surface area contributed by atoms with Crippen molar-refractivity contribution >= 4 is 0 Å². The highest BCUT2D eigenvalue weighted by Gasteiger charge is 2.31. The van der Waals surface area contributed by atoms with Crippen LogP contribution >= 0.6 is 0 Å². The highest BCUT2D eigenvalue weighted by atomic mass is 14.9. The van der Waals surface area contributed by atoms with Crippen molar-refractivity contribution in [2.75, 3.05) is 0 Å². The lowest BCUT2D eigenvalue weighted by Crippen LogP contribution is -2.36. The SMILES string of the molecule is CCC(C)(C)C1CCC(NCc2ccccc2)CC1. The van der Waals surface area contributed by atoms with Crippen molar-refractivity contribution < 1.29 is 0 Å². The zero-order chi connectivity index (χ0) is 13.7. The van der Waals surface area contributed by atoms with Gasteiger partial charge in [-0.05, 0) is 42.6 Å². The molecule has 0 spiro atoms. The van der Waals surface area contributed by atoms with Crippen LogP contribution in [0.1, 0.15) is 58.4 Å². The molecular weight excluding hydrogens is 230 g/mol. The summed E-state index contributed by atoms with van der Waals surface area (Å²) in [5.41, 5.74) is 1.93. The summed E-state index contributed by atoms with van der Waals surface area (Å²) in [6.45, 7) is 8.23. The van der Waals surface area contributed by atoms with Gasteiger partial charge in [0.2, 0.25) is 0 Å². The van der Waals surface area contributed by atoms with Gasteiger partial charge in [-0.25, -0.2) is 0 Å². The maximum atomic E-state index is 3.73. The van der Waals surface area contributed by atoms with Gasteiger partial charge in [0.05, 0.1) is 0 Å². The first-order chi connectivity index (χ1) is 9.12. The van der Waals surface area contributed by atoms with Gasteiger partial charge in [0, 0.05) is 12.6 Å². The van der Waals surface area contributed by atoms with Crippen molar-refractivity contribution in [3.8, 4) is 0 Å². The summed E-state index contributed by atoms with van der Waals surface area (Å²) in [5, 5.41) is 3.73. The number of nitrogens with one attached hydrogen (secondary N) is 1. The Hall–Kier alpha value is -0.820. The van der Waals surface area contributed by atoms with E-state index in [1.807, 2.05) is 0 Å². The van der Waals surface area contributed by atoms with E-state index in [0.717, 1.165) is 18.5 Å². The lowest BCUT2D eigenvalue weighted by Gasteiger charge is -2.39. The Bertz CT molecular complexity index is 361. The predicted molar refractivity (Wildman–Crippen MR) is 83.1 cm³/mol. The molecule has 0 saturated heterocycles. The molecule has 1 fully saturated rings. The van der Waals surface area contributed by atoms with Gasteiger partial charge in [0.25, 0.3) is 0 Å². The number of rotatable bonds is 5. The van der Waals surface area contributed by atoms with Crippen LogP contribution in [0.3, 0.4) is 0 Å². The number of benzene rings is 1. The lowest BCUT2D eigenvalue weighted by molar-refractivity contribution is 0.137. The molecule has 0 unspecified atom stereocenters. The molecule has 1 aliphatic carbocycles. The van der Waals surface area contributed by atoms with E-state index in [9.17, 15) is 0 Å². The van der Waals surface area contributed by atoms with Crippen LogP contribution in [0.2, 0.25) is 0 Å². The largest absolute Gasteiger partial charge is 0.310 e. The molecule has 1 aromatic carbocycles. The van der Waals surface area contributed by atoms with Crippen LogP contribution in [0, 0.1) is 11.3 Å². The molecule has 0 amide bonds. The van der Waals surface area contributed by atoms with Gasteiger partial charge in [-0.1, -0.05) is 57.5 Å². The molecule has 0 aliphatic heterocycles. The maximum Gasteiger partial charge on any atom is 0.0208 e. The van der Waals surface area contributed by atoms with E-state index in [-0.39, 0.29) is 0 Å². The Balaban J connectivity index is 1.75. The van der Waals surface area contributed by atoms with Crippen LogP contribution in [0.15, 0.2) is 30.3 Å². The van der Waals surface area contributed by atoms with Gasteiger partial charge in [0.1, 0.15) is 0 Å². The fraction of sp³-hybridized carbons (Fsp3) is 0.667. The number of hydrogen-bond donors (Lipinski definition) is 1. The van der Waals surface area contributed by atoms with Crippen molar-refractivity contribution in [3.63, 3.8) is 0 Å². The molecular formula is C18H29N. The van der Waals surface area contributed by atoms with E-state index in [2.05, 4.69) is 56.4 Å². The molecule has 0 aromatic heterocycles. The summed E-state index contributed by atoms with van der Waals surface area (Å²) in [6, 6.07) is 11.5. The summed E-state index contributed by atoms with van der Waals surface area (Å²) < 4.78 is 0. The molecule has 1 heteroatoms. The van der Waals surface area contributed by atoms with Gasteiger partial charge in [-0.2, -0.15) is 0 Å². The molecule has 0 heterocycles. The second-order valence-corrected chi connectivity index (χ2v) is 6.76. The van der Waals surface area contributed by atoms with Crippen molar-refractivity contribution in [1.29, 1.82) is 0 Å².